The molecule has 5 rings (SSSR count). The third-order valence-electron chi connectivity index (χ3n) is 7.28. The van der Waals surface area contributed by atoms with E-state index in [0.29, 0.717) is 17.8 Å². The Morgan fingerprint density at radius 3 is 2.43 bits per heavy atom. The molecule has 1 saturated heterocycles. The van der Waals surface area contributed by atoms with Gasteiger partial charge in [0.1, 0.15) is 0 Å². The van der Waals surface area contributed by atoms with Gasteiger partial charge in [-0.25, -0.2) is 0 Å². The second kappa shape index (κ2) is 8.93. The Labute approximate surface area is 180 Å². The zero-order valence-corrected chi connectivity index (χ0v) is 17.1. The van der Waals surface area contributed by atoms with Gasteiger partial charge in [-0.15, -0.1) is 0 Å². The Balaban J connectivity index is 0.00000218. The molecule has 0 aromatic carbocycles. The van der Waals surface area contributed by atoms with Gasteiger partial charge < -0.3 is 10.3 Å². The highest BCUT2D eigenvalue weighted by Gasteiger charge is 2.34. The monoisotopic (exact) mass is 409 g/mol. The molecule has 0 aromatic rings. The van der Waals surface area contributed by atoms with Crippen LogP contribution in [0.1, 0.15) is 69.2 Å². The van der Waals surface area contributed by atoms with Crippen molar-refractivity contribution in [2.24, 2.45) is 17.8 Å². The van der Waals surface area contributed by atoms with Crippen molar-refractivity contribution in [1.29, 1.82) is 0 Å². The van der Waals surface area contributed by atoms with Crippen LogP contribution in [0.5, 0.6) is 0 Å². The number of aromatic nitrogens is 1. The number of likely N-dealkylation sites (tertiary alicyclic amines) is 1. The molecular formula is C25H35N3O2. The number of carbonyl (C=O) groups excluding carboxylic acids is 2. The first-order valence-electron chi connectivity index (χ1n) is 11.3. The first kappa shape index (κ1) is 21.1. The number of nitrogens with zero attached hydrogens (tertiary/aromatic N) is 1. The summed E-state index contributed by atoms with van der Waals surface area (Å²) in [5.41, 5.74) is 3.29. The molecule has 0 radical (unpaired) electrons. The van der Waals surface area contributed by atoms with Crippen molar-refractivity contribution in [3.05, 3.63) is 30.1 Å². The molecule has 5 aliphatic rings. The maximum Gasteiger partial charge on any atom is 0.238 e. The van der Waals surface area contributed by atoms with Gasteiger partial charge in [-0.2, -0.15) is 0 Å². The lowest BCUT2D eigenvalue weighted by Crippen LogP contribution is -2.40. The van der Waals surface area contributed by atoms with Crippen LogP contribution in [0.2, 0.25) is 0 Å². The third-order valence-corrected chi connectivity index (χ3v) is 7.28. The fraction of sp³-hybridized carbons (Fsp3) is 0.600. The van der Waals surface area contributed by atoms with Crippen LogP contribution in [-0.4, -0.2) is 41.2 Å². The number of hydrogen-bond acceptors (Lipinski definition) is 3. The number of ketones is 1. The molecule has 2 N–H and O–H groups in total. The van der Waals surface area contributed by atoms with E-state index in [2.05, 4.69) is 15.2 Å². The molecule has 0 bridgehead atoms. The molecule has 2 aliphatic heterocycles. The molecule has 0 unspecified atom stereocenters. The van der Waals surface area contributed by atoms with Crippen LogP contribution in [0.25, 0.3) is 11.1 Å². The van der Waals surface area contributed by atoms with E-state index < -0.39 is 0 Å². The fourth-order valence-corrected chi connectivity index (χ4v) is 5.45. The number of Topliss-reactive ketones (excluding diaryl/α,β-unsaturated/α-hetero) is 1. The minimum Gasteiger partial charge on any atom is -0.367 e. The number of rotatable bonds is 6. The zero-order chi connectivity index (χ0) is 19.8. The first-order chi connectivity index (χ1) is 14.2. The van der Waals surface area contributed by atoms with Crippen LogP contribution in [0.3, 0.4) is 0 Å². The summed E-state index contributed by atoms with van der Waals surface area (Å²) in [4.78, 5) is 31.0. The minimum atomic E-state index is -0.00878. The highest BCUT2D eigenvalue weighted by molar-refractivity contribution is 6.12. The number of fused-ring (bicyclic) bond motifs is 1. The molecule has 30 heavy (non-hydrogen) atoms. The van der Waals surface area contributed by atoms with E-state index in [9.17, 15) is 9.59 Å². The van der Waals surface area contributed by atoms with Gasteiger partial charge >= 0.3 is 0 Å². The maximum atomic E-state index is 12.8. The fourth-order valence-electron chi connectivity index (χ4n) is 5.45. The molecule has 0 atom stereocenters. The van der Waals surface area contributed by atoms with Crippen LogP contribution in [0, 0.1) is 17.8 Å². The van der Waals surface area contributed by atoms with Crippen LogP contribution in [-0.2, 0) is 4.79 Å². The van der Waals surface area contributed by atoms with Crippen molar-refractivity contribution in [3.63, 3.8) is 0 Å². The Hall–Kier alpha value is -2.14. The van der Waals surface area contributed by atoms with E-state index in [1.165, 1.54) is 38.5 Å². The van der Waals surface area contributed by atoms with Gasteiger partial charge in [-0.1, -0.05) is 33.1 Å². The molecule has 3 aliphatic carbocycles. The standard InChI is InChI=1S/C24H31N3O2.CH4/c28-22(15-27-11-8-17(9-12-27)16-3-1-2-4-16)26-23-20(24(29)18-5-6-18)13-19-7-10-25-14-21(19)23;/h7,10,13-14,16-18,25H,1-6,8-9,11-12,15H2,(H,26,28);1H4. The average molecular weight is 410 g/mol. The van der Waals surface area contributed by atoms with Gasteiger partial charge in [0.05, 0.1) is 12.2 Å². The quantitative estimate of drug-likeness (QED) is 0.645. The molecule has 3 fully saturated rings. The van der Waals surface area contributed by atoms with Gasteiger partial charge in [0.25, 0.3) is 0 Å². The lowest BCUT2D eigenvalue weighted by molar-refractivity contribution is -0.117. The van der Waals surface area contributed by atoms with E-state index in [-0.39, 0.29) is 25.0 Å². The summed E-state index contributed by atoms with van der Waals surface area (Å²) in [5.74, 6) is 2.09. The van der Waals surface area contributed by atoms with Crippen molar-refractivity contribution >= 4 is 17.4 Å². The van der Waals surface area contributed by atoms with Crippen LogP contribution in [0.15, 0.2) is 24.5 Å². The normalized spacial score (nSPS) is 20.9. The van der Waals surface area contributed by atoms with Gasteiger partial charge in [-0.3, -0.25) is 14.5 Å². The Morgan fingerprint density at radius 2 is 1.73 bits per heavy atom. The first-order valence-corrected chi connectivity index (χ1v) is 11.3. The molecule has 0 aromatic heterocycles. The largest absolute Gasteiger partial charge is 0.367 e. The Morgan fingerprint density at radius 1 is 1.03 bits per heavy atom. The second-order valence-electron chi connectivity index (χ2n) is 9.29. The number of carbonyl (C=O) groups is 2. The Kier molecular flexibility index (Phi) is 6.28. The highest BCUT2D eigenvalue weighted by Crippen LogP contribution is 2.41. The summed E-state index contributed by atoms with van der Waals surface area (Å²) in [6, 6.07) is 3.90. The number of H-pyrrole nitrogens is 1. The average Bonchev–Trinajstić information content (AvgIpc) is 3.32. The second-order valence-corrected chi connectivity index (χ2v) is 9.29. The number of nitrogens with one attached hydrogen (secondary N) is 2. The van der Waals surface area contributed by atoms with Crippen LogP contribution in [0.4, 0.5) is 5.69 Å². The molecule has 5 nitrogen and oxygen atoms in total. The SMILES string of the molecule is C.O=C(CN1CCC(C2CCCC2)CC1)Nc1c(C(=O)C2CC2)cc2cc[nH]cc1-2. The summed E-state index contributed by atoms with van der Waals surface area (Å²) < 4.78 is 0. The van der Waals surface area contributed by atoms with E-state index >= 15 is 0 Å². The van der Waals surface area contributed by atoms with Gasteiger partial charge in [-0.05, 0) is 68.3 Å². The molecule has 5 heteroatoms. The molecular weight excluding hydrogens is 374 g/mol. The molecule has 0 spiro atoms. The van der Waals surface area contributed by atoms with Crippen molar-refractivity contribution < 1.29 is 9.59 Å². The van der Waals surface area contributed by atoms with E-state index in [0.717, 1.165) is 48.9 Å². The number of aromatic amines is 1. The lowest BCUT2D eigenvalue weighted by atomic mass is 9.83. The minimum absolute atomic E-state index is 0. The van der Waals surface area contributed by atoms with Crippen molar-refractivity contribution in [3.8, 4) is 11.1 Å². The number of pyridine rings is 1. The summed E-state index contributed by atoms with van der Waals surface area (Å²) in [6.45, 7) is 2.44. The van der Waals surface area contributed by atoms with E-state index in [4.69, 9.17) is 0 Å². The highest BCUT2D eigenvalue weighted by atomic mass is 16.2. The summed E-state index contributed by atoms with van der Waals surface area (Å²) in [5, 5.41) is 3.09. The van der Waals surface area contributed by atoms with Crippen molar-refractivity contribution in [1.82, 2.24) is 9.88 Å². The smallest absolute Gasteiger partial charge is 0.238 e. The molecule has 2 heterocycles. The van der Waals surface area contributed by atoms with Gasteiger partial charge in [0, 0.05) is 29.4 Å². The van der Waals surface area contributed by atoms with Crippen molar-refractivity contribution in [2.45, 2.75) is 58.8 Å². The van der Waals surface area contributed by atoms with E-state index in [1.54, 1.807) is 0 Å². The van der Waals surface area contributed by atoms with Crippen LogP contribution >= 0.6 is 0 Å². The number of amides is 1. The molecule has 162 valence electrons. The van der Waals surface area contributed by atoms with Crippen LogP contribution < -0.4 is 5.32 Å². The van der Waals surface area contributed by atoms with Gasteiger partial charge in [0.2, 0.25) is 5.91 Å². The summed E-state index contributed by atoms with van der Waals surface area (Å²) in [7, 11) is 0. The number of hydrogen-bond donors (Lipinski definition) is 2. The lowest BCUT2D eigenvalue weighted by Gasteiger charge is -2.34. The third kappa shape index (κ3) is 4.31. The predicted octanol–water partition coefficient (Wildman–Crippen LogP) is 5.19. The van der Waals surface area contributed by atoms with E-state index in [1.807, 2.05) is 24.5 Å². The summed E-state index contributed by atoms with van der Waals surface area (Å²) in [6.07, 6.45) is 13.7. The molecule has 2 saturated carbocycles. The number of piperidine rings is 1. The van der Waals surface area contributed by atoms with Crippen molar-refractivity contribution in [2.75, 3.05) is 25.0 Å². The predicted molar refractivity (Wildman–Crippen MR) is 121 cm³/mol. The zero-order valence-electron chi connectivity index (χ0n) is 17.1. The maximum absolute atomic E-state index is 12.8. The van der Waals surface area contributed by atoms with Gasteiger partial charge in [0.15, 0.2) is 5.78 Å². The Bertz CT molecular complexity index is 855. The topological polar surface area (TPSA) is 65.2 Å². The number of anilines is 1. The molecule has 1 amide bonds. The summed E-state index contributed by atoms with van der Waals surface area (Å²) >= 11 is 0.